The van der Waals surface area contributed by atoms with Gasteiger partial charge in [0.15, 0.2) is 6.10 Å². The molecular formula is C54H104O6. The molecule has 0 N–H and O–H groups in total. The molecule has 0 aromatic carbocycles. The van der Waals surface area contributed by atoms with Crippen molar-refractivity contribution in [3.63, 3.8) is 0 Å². The lowest BCUT2D eigenvalue weighted by Crippen LogP contribution is -2.30. The summed E-state index contributed by atoms with van der Waals surface area (Å²) in [5.74, 6) is 0.864. The van der Waals surface area contributed by atoms with Crippen molar-refractivity contribution >= 4 is 17.9 Å². The van der Waals surface area contributed by atoms with Gasteiger partial charge in [-0.05, 0) is 31.1 Å². The van der Waals surface area contributed by atoms with Crippen molar-refractivity contribution in [1.82, 2.24) is 0 Å². The van der Waals surface area contributed by atoms with Gasteiger partial charge in [-0.15, -0.1) is 0 Å². The Labute approximate surface area is 374 Å². The number of carbonyl (C=O) groups is 3. The summed E-state index contributed by atoms with van der Waals surface area (Å²) in [6.07, 6.45) is 47.9. The van der Waals surface area contributed by atoms with Gasteiger partial charge in [-0.1, -0.05) is 259 Å². The normalized spacial score (nSPS) is 12.5. The second-order valence-corrected chi connectivity index (χ2v) is 19.2. The van der Waals surface area contributed by atoms with Crippen LogP contribution in [0.4, 0.5) is 0 Å². The van der Waals surface area contributed by atoms with Gasteiger partial charge in [0.2, 0.25) is 0 Å². The lowest BCUT2D eigenvalue weighted by molar-refractivity contribution is -0.167. The zero-order chi connectivity index (χ0) is 44.0. The van der Waals surface area contributed by atoms with Crippen LogP contribution < -0.4 is 0 Å². The van der Waals surface area contributed by atoms with Crippen LogP contribution >= 0.6 is 0 Å². The van der Waals surface area contributed by atoms with Crippen molar-refractivity contribution in [1.29, 1.82) is 0 Å². The van der Waals surface area contributed by atoms with Gasteiger partial charge >= 0.3 is 17.9 Å². The molecule has 0 spiro atoms. The van der Waals surface area contributed by atoms with Gasteiger partial charge in [-0.25, -0.2) is 0 Å². The van der Waals surface area contributed by atoms with E-state index in [9.17, 15) is 14.4 Å². The van der Waals surface area contributed by atoms with Crippen LogP contribution in [0.1, 0.15) is 298 Å². The molecule has 0 rings (SSSR count). The standard InChI is InChI=1S/C54H104O6/c1-6-8-9-10-11-12-13-18-26-31-36-41-46-54(57)60-51(48-59-53(56)45-40-35-30-25-21-20-23-28-33-38-43-50(5)7-2)47-58-52(55)44-39-34-29-24-19-16-14-15-17-22-27-32-37-42-49(3)4/h49-51H,6-48H2,1-5H3/t50?,51-/m1/s1. The SMILES string of the molecule is CCCCCCCCCCCCCCC(=O)O[C@H](COC(=O)CCCCCCCCCCCCCCCC(C)C)COC(=O)CCCCCCCCCCCCC(C)CC. The number of hydrogen-bond donors (Lipinski definition) is 0. The molecule has 60 heavy (non-hydrogen) atoms. The van der Waals surface area contributed by atoms with Crippen LogP contribution in [0.2, 0.25) is 0 Å². The fraction of sp³-hybridized carbons (Fsp3) is 0.944. The maximum Gasteiger partial charge on any atom is 0.306 e. The van der Waals surface area contributed by atoms with Crippen LogP contribution in [0.25, 0.3) is 0 Å². The molecule has 0 aromatic heterocycles. The van der Waals surface area contributed by atoms with Crippen LogP contribution in [0, 0.1) is 11.8 Å². The van der Waals surface area contributed by atoms with E-state index < -0.39 is 6.10 Å². The van der Waals surface area contributed by atoms with E-state index in [1.54, 1.807) is 0 Å². The van der Waals surface area contributed by atoms with Crippen LogP contribution in [0.3, 0.4) is 0 Å². The van der Waals surface area contributed by atoms with Gasteiger partial charge in [-0.3, -0.25) is 14.4 Å². The van der Waals surface area contributed by atoms with Crippen LogP contribution in [0.5, 0.6) is 0 Å². The van der Waals surface area contributed by atoms with E-state index in [1.165, 1.54) is 186 Å². The number of rotatable bonds is 48. The molecule has 0 aliphatic rings. The quantitative estimate of drug-likeness (QED) is 0.0345. The Morgan fingerprint density at radius 2 is 0.633 bits per heavy atom. The molecule has 0 bridgehead atoms. The van der Waals surface area contributed by atoms with Crippen LogP contribution in [0.15, 0.2) is 0 Å². The van der Waals surface area contributed by atoms with Gasteiger partial charge in [0.1, 0.15) is 13.2 Å². The molecule has 0 aromatic rings. The Kier molecular flexibility index (Phi) is 45.7. The summed E-state index contributed by atoms with van der Waals surface area (Å²) in [6.45, 7) is 11.4. The zero-order valence-electron chi connectivity index (χ0n) is 41.1. The number of carbonyl (C=O) groups excluding carboxylic acids is 3. The predicted molar refractivity (Wildman–Crippen MR) is 256 cm³/mol. The topological polar surface area (TPSA) is 78.9 Å². The molecule has 2 atom stereocenters. The highest BCUT2D eigenvalue weighted by Gasteiger charge is 2.19. The zero-order valence-corrected chi connectivity index (χ0v) is 41.1. The van der Waals surface area contributed by atoms with Crippen molar-refractivity contribution in [2.45, 2.75) is 304 Å². The van der Waals surface area contributed by atoms with E-state index >= 15 is 0 Å². The van der Waals surface area contributed by atoms with Gasteiger partial charge in [0.25, 0.3) is 0 Å². The molecule has 0 aliphatic heterocycles. The Morgan fingerprint density at radius 3 is 0.950 bits per heavy atom. The third-order valence-electron chi connectivity index (χ3n) is 12.6. The van der Waals surface area contributed by atoms with E-state index in [0.717, 1.165) is 69.6 Å². The summed E-state index contributed by atoms with van der Waals surface area (Å²) in [6, 6.07) is 0. The predicted octanol–water partition coefficient (Wildman–Crippen LogP) is 17.3. The first-order valence-electron chi connectivity index (χ1n) is 26.8. The Morgan fingerprint density at radius 1 is 0.350 bits per heavy atom. The fourth-order valence-corrected chi connectivity index (χ4v) is 8.13. The second-order valence-electron chi connectivity index (χ2n) is 19.2. The first-order valence-corrected chi connectivity index (χ1v) is 26.8. The van der Waals surface area contributed by atoms with Crippen molar-refractivity contribution in [3.8, 4) is 0 Å². The number of unbranched alkanes of at least 4 members (excludes halogenated alkanes) is 32. The van der Waals surface area contributed by atoms with Gasteiger partial charge in [0.05, 0.1) is 0 Å². The second kappa shape index (κ2) is 46.9. The maximum absolute atomic E-state index is 12.8. The van der Waals surface area contributed by atoms with E-state index in [1.807, 2.05) is 0 Å². The number of ether oxygens (including phenoxy) is 3. The van der Waals surface area contributed by atoms with E-state index in [-0.39, 0.29) is 31.1 Å². The van der Waals surface area contributed by atoms with Crippen molar-refractivity contribution in [2.24, 2.45) is 11.8 Å². The van der Waals surface area contributed by atoms with Crippen LogP contribution in [-0.4, -0.2) is 37.2 Å². The summed E-state index contributed by atoms with van der Waals surface area (Å²) in [5, 5.41) is 0. The summed E-state index contributed by atoms with van der Waals surface area (Å²) in [5.41, 5.74) is 0. The minimum Gasteiger partial charge on any atom is -0.462 e. The molecular weight excluding hydrogens is 745 g/mol. The first kappa shape index (κ1) is 58.4. The third-order valence-corrected chi connectivity index (χ3v) is 12.6. The number of esters is 3. The molecule has 0 amide bonds. The minimum atomic E-state index is -0.761. The average Bonchev–Trinajstić information content (AvgIpc) is 3.23. The van der Waals surface area contributed by atoms with E-state index in [4.69, 9.17) is 14.2 Å². The molecule has 0 fully saturated rings. The monoisotopic (exact) mass is 849 g/mol. The van der Waals surface area contributed by atoms with Crippen molar-refractivity contribution in [3.05, 3.63) is 0 Å². The highest BCUT2D eigenvalue weighted by Crippen LogP contribution is 2.18. The lowest BCUT2D eigenvalue weighted by Gasteiger charge is -2.18. The Hall–Kier alpha value is -1.59. The van der Waals surface area contributed by atoms with Gasteiger partial charge in [-0.2, -0.15) is 0 Å². The van der Waals surface area contributed by atoms with Crippen molar-refractivity contribution < 1.29 is 28.6 Å². The molecule has 6 heteroatoms. The molecule has 0 saturated heterocycles. The maximum atomic E-state index is 12.8. The van der Waals surface area contributed by atoms with Gasteiger partial charge < -0.3 is 14.2 Å². The molecule has 0 radical (unpaired) electrons. The Balaban J connectivity index is 4.30. The smallest absolute Gasteiger partial charge is 0.306 e. The minimum absolute atomic E-state index is 0.0634. The van der Waals surface area contributed by atoms with Crippen molar-refractivity contribution in [2.75, 3.05) is 13.2 Å². The Bertz CT molecular complexity index is 918. The molecule has 6 nitrogen and oxygen atoms in total. The van der Waals surface area contributed by atoms with Crippen LogP contribution in [-0.2, 0) is 28.6 Å². The van der Waals surface area contributed by atoms with E-state index in [2.05, 4.69) is 34.6 Å². The molecule has 0 saturated carbocycles. The highest BCUT2D eigenvalue weighted by atomic mass is 16.6. The molecule has 0 aliphatic carbocycles. The van der Waals surface area contributed by atoms with E-state index in [0.29, 0.717) is 19.3 Å². The largest absolute Gasteiger partial charge is 0.462 e. The molecule has 356 valence electrons. The van der Waals surface area contributed by atoms with Gasteiger partial charge in [0, 0.05) is 19.3 Å². The first-order chi connectivity index (χ1) is 29.3. The molecule has 1 unspecified atom stereocenters. The summed E-state index contributed by atoms with van der Waals surface area (Å²) >= 11 is 0. The molecule has 0 heterocycles. The summed E-state index contributed by atoms with van der Waals surface area (Å²) < 4.78 is 16.8. The summed E-state index contributed by atoms with van der Waals surface area (Å²) in [4.78, 5) is 38.0. The average molecular weight is 849 g/mol. The summed E-state index contributed by atoms with van der Waals surface area (Å²) in [7, 11) is 0. The number of hydrogen-bond acceptors (Lipinski definition) is 6. The lowest BCUT2D eigenvalue weighted by atomic mass is 9.99. The highest BCUT2D eigenvalue weighted by molar-refractivity contribution is 5.71. The fourth-order valence-electron chi connectivity index (χ4n) is 8.13. The third kappa shape index (κ3) is 45.9.